The van der Waals surface area contributed by atoms with Gasteiger partial charge in [-0.1, -0.05) is 71.6 Å². The second kappa shape index (κ2) is 19.2. The summed E-state index contributed by atoms with van der Waals surface area (Å²) in [5.74, 6) is -0.189. The molecule has 0 aliphatic heterocycles. The second-order valence-corrected chi connectivity index (χ2v) is 11.0. The van der Waals surface area contributed by atoms with Gasteiger partial charge in [0.15, 0.2) is 0 Å². The minimum atomic E-state index is -0.578. The van der Waals surface area contributed by atoms with E-state index in [2.05, 4.69) is 6.92 Å². The summed E-state index contributed by atoms with van der Waals surface area (Å²) in [5, 5.41) is 0. The van der Waals surface area contributed by atoms with E-state index in [1.807, 2.05) is 13.8 Å². The Morgan fingerprint density at radius 2 is 0.909 bits per heavy atom. The van der Waals surface area contributed by atoms with Crippen molar-refractivity contribution in [3.05, 3.63) is 89.5 Å². The van der Waals surface area contributed by atoms with E-state index < -0.39 is 17.9 Å². The van der Waals surface area contributed by atoms with Crippen molar-refractivity contribution in [1.82, 2.24) is 0 Å². The Kier molecular flexibility index (Phi) is 15.0. The van der Waals surface area contributed by atoms with Gasteiger partial charge in [-0.3, -0.25) is 0 Å². The Morgan fingerprint density at radius 1 is 0.523 bits per heavy atom. The average Bonchev–Trinajstić information content (AvgIpc) is 3.04. The summed E-state index contributed by atoms with van der Waals surface area (Å²) in [7, 11) is 0. The number of ether oxygens (including phenoxy) is 4. The molecule has 0 aliphatic rings. The van der Waals surface area contributed by atoms with Crippen LogP contribution in [0.4, 0.5) is 0 Å². The van der Waals surface area contributed by atoms with Crippen molar-refractivity contribution in [2.24, 2.45) is 0 Å². The number of rotatable bonds is 19. The standard InChI is InChI=1S/C37H46O7/c1-4-6-7-8-9-10-11-12-13-14-27-41-32-21-15-30(16-22-32)36(39)43-34-25-19-31(20-26-34)37(40)44-33-23-17-29(18-24-33)35(38)42-28(3)5-2/h15-26,28H,4-14,27H2,1-3H3. The third-order valence-electron chi connectivity index (χ3n) is 7.34. The van der Waals surface area contributed by atoms with Gasteiger partial charge in [0.1, 0.15) is 17.2 Å². The van der Waals surface area contributed by atoms with Crippen LogP contribution in [0.3, 0.4) is 0 Å². The fourth-order valence-corrected chi connectivity index (χ4v) is 4.45. The topological polar surface area (TPSA) is 88.1 Å². The maximum absolute atomic E-state index is 12.6. The van der Waals surface area contributed by atoms with Gasteiger partial charge >= 0.3 is 17.9 Å². The molecule has 1 atom stereocenters. The monoisotopic (exact) mass is 602 g/mol. The molecular formula is C37H46O7. The quantitative estimate of drug-likeness (QED) is 0.0767. The molecule has 3 aromatic carbocycles. The van der Waals surface area contributed by atoms with Crippen LogP contribution in [0.1, 0.15) is 122 Å². The smallest absolute Gasteiger partial charge is 0.343 e. The van der Waals surface area contributed by atoms with Gasteiger partial charge in [0, 0.05) is 0 Å². The van der Waals surface area contributed by atoms with Crippen LogP contribution in [-0.4, -0.2) is 30.6 Å². The van der Waals surface area contributed by atoms with Crippen LogP contribution in [-0.2, 0) is 4.74 Å². The van der Waals surface area contributed by atoms with Gasteiger partial charge < -0.3 is 18.9 Å². The number of hydrogen-bond donors (Lipinski definition) is 0. The third-order valence-corrected chi connectivity index (χ3v) is 7.34. The minimum Gasteiger partial charge on any atom is -0.494 e. The number of esters is 3. The van der Waals surface area contributed by atoms with Crippen LogP contribution in [0.15, 0.2) is 72.8 Å². The normalized spacial score (nSPS) is 11.4. The molecule has 0 heterocycles. The Bertz CT molecular complexity index is 1280. The van der Waals surface area contributed by atoms with Gasteiger partial charge in [0.05, 0.1) is 29.4 Å². The molecule has 7 heteroatoms. The van der Waals surface area contributed by atoms with Crippen molar-refractivity contribution >= 4 is 17.9 Å². The van der Waals surface area contributed by atoms with Crippen LogP contribution in [0.25, 0.3) is 0 Å². The van der Waals surface area contributed by atoms with Crippen LogP contribution < -0.4 is 14.2 Å². The molecule has 236 valence electrons. The van der Waals surface area contributed by atoms with Gasteiger partial charge in [-0.15, -0.1) is 0 Å². The molecule has 3 aromatic rings. The first kappa shape index (κ1) is 34.4. The van der Waals surface area contributed by atoms with E-state index in [0.717, 1.165) is 18.6 Å². The molecule has 0 N–H and O–H groups in total. The molecule has 0 amide bonds. The van der Waals surface area contributed by atoms with Gasteiger partial charge in [-0.25, -0.2) is 14.4 Å². The molecule has 0 spiro atoms. The molecule has 0 fully saturated rings. The summed E-state index contributed by atoms with van der Waals surface area (Å²) < 4.78 is 22.0. The Morgan fingerprint density at radius 3 is 1.34 bits per heavy atom. The van der Waals surface area contributed by atoms with Gasteiger partial charge in [0.2, 0.25) is 0 Å². The number of benzene rings is 3. The van der Waals surface area contributed by atoms with Gasteiger partial charge in [-0.2, -0.15) is 0 Å². The molecule has 0 bridgehead atoms. The zero-order valence-electron chi connectivity index (χ0n) is 26.3. The number of carbonyl (C=O) groups is 3. The molecule has 0 aromatic heterocycles. The van der Waals surface area contributed by atoms with Crippen LogP contribution in [0.5, 0.6) is 17.2 Å². The summed E-state index contributed by atoms with van der Waals surface area (Å²) in [6.07, 6.45) is 13.3. The maximum Gasteiger partial charge on any atom is 0.343 e. The summed E-state index contributed by atoms with van der Waals surface area (Å²) in [5.41, 5.74) is 1.06. The van der Waals surface area contributed by atoms with E-state index in [9.17, 15) is 14.4 Å². The fourth-order valence-electron chi connectivity index (χ4n) is 4.45. The highest BCUT2D eigenvalue weighted by Crippen LogP contribution is 2.20. The first-order chi connectivity index (χ1) is 21.4. The van der Waals surface area contributed by atoms with E-state index in [-0.39, 0.29) is 11.7 Å². The molecule has 44 heavy (non-hydrogen) atoms. The van der Waals surface area contributed by atoms with E-state index >= 15 is 0 Å². The average molecular weight is 603 g/mol. The van der Waals surface area contributed by atoms with Crippen LogP contribution in [0, 0.1) is 0 Å². The van der Waals surface area contributed by atoms with Crippen molar-refractivity contribution in [2.75, 3.05) is 6.61 Å². The fraction of sp³-hybridized carbons (Fsp3) is 0.432. The Balaban J connectivity index is 1.36. The summed E-state index contributed by atoms with van der Waals surface area (Å²) in [6, 6.07) is 19.2. The predicted molar refractivity (Wildman–Crippen MR) is 172 cm³/mol. The first-order valence-electron chi connectivity index (χ1n) is 16.0. The van der Waals surface area contributed by atoms with Crippen LogP contribution >= 0.6 is 0 Å². The zero-order valence-corrected chi connectivity index (χ0v) is 26.3. The second-order valence-electron chi connectivity index (χ2n) is 11.0. The lowest BCUT2D eigenvalue weighted by atomic mass is 10.1. The number of unbranched alkanes of at least 4 members (excludes halogenated alkanes) is 9. The molecule has 0 radical (unpaired) electrons. The number of carbonyl (C=O) groups excluding carboxylic acids is 3. The lowest BCUT2D eigenvalue weighted by Crippen LogP contribution is -2.14. The van der Waals surface area contributed by atoms with E-state index in [1.54, 1.807) is 36.4 Å². The van der Waals surface area contributed by atoms with E-state index in [1.165, 1.54) is 94.2 Å². The molecule has 0 aliphatic carbocycles. The Labute approximate surface area is 261 Å². The van der Waals surface area contributed by atoms with Gasteiger partial charge in [-0.05, 0) is 92.6 Å². The minimum absolute atomic E-state index is 0.175. The molecule has 7 nitrogen and oxygen atoms in total. The van der Waals surface area contributed by atoms with Crippen molar-refractivity contribution in [3.8, 4) is 17.2 Å². The molecule has 3 rings (SSSR count). The highest BCUT2D eigenvalue weighted by Gasteiger charge is 2.14. The predicted octanol–water partition coefficient (Wildman–Crippen LogP) is 9.38. The molecule has 0 saturated carbocycles. The summed E-state index contributed by atoms with van der Waals surface area (Å²) in [6.45, 7) is 6.67. The van der Waals surface area contributed by atoms with Crippen LogP contribution in [0.2, 0.25) is 0 Å². The van der Waals surface area contributed by atoms with E-state index in [0.29, 0.717) is 29.2 Å². The molecular weight excluding hydrogens is 556 g/mol. The third kappa shape index (κ3) is 12.2. The van der Waals surface area contributed by atoms with Crippen molar-refractivity contribution in [1.29, 1.82) is 0 Å². The lowest BCUT2D eigenvalue weighted by Gasteiger charge is -2.11. The Hall–Kier alpha value is -4.13. The SMILES string of the molecule is CCCCCCCCCCCCOc1ccc(C(=O)Oc2ccc(C(=O)Oc3ccc(C(=O)OC(C)CC)cc3)cc2)cc1. The highest BCUT2D eigenvalue weighted by molar-refractivity contribution is 5.93. The van der Waals surface area contributed by atoms with Crippen molar-refractivity contribution in [3.63, 3.8) is 0 Å². The maximum atomic E-state index is 12.6. The lowest BCUT2D eigenvalue weighted by molar-refractivity contribution is 0.0334. The first-order valence-corrected chi connectivity index (χ1v) is 16.0. The summed E-state index contributed by atoms with van der Waals surface area (Å²) in [4.78, 5) is 37.3. The zero-order chi connectivity index (χ0) is 31.6. The van der Waals surface area contributed by atoms with Crippen molar-refractivity contribution < 1.29 is 33.3 Å². The highest BCUT2D eigenvalue weighted by atomic mass is 16.5. The molecule has 1 unspecified atom stereocenters. The number of hydrogen-bond acceptors (Lipinski definition) is 7. The largest absolute Gasteiger partial charge is 0.494 e. The van der Waals surface area contributed by atoms with E-state index in [4.69, 9.17) is 18.9 Å². The summed E-state index contributed by atoms with van der Waals surface area (Å²) >= 11 is 0. The van der Waals surface area contributed by atoms with Gasteiger partial charge in [0.25, 0.3) is 0 Å². The molecule has 0 saturated heterocycles. The van der Waals surface area contributed by atoms with Crippen molar-refractivity contribution in [2.45, 2.75) is 97.5 Å².